The number of nitrogens with zero attached hydrogens (tertiary/aromatic N) is 4. The maximum Gasteiger partial charge on any atom is 0.312 e. The Labute approximate surface area is 120 Å². The molecule has 0 saturated carbocycles. The highest BCUT2D eigenvalue weighted by Crippen LogP contribution is 2.31. The van der Waals surface area contributed by atoms with E-state index in [1.165, 1.54) is 12.3 Å². The second-order valence-corrected chi connectivity index (χ2v) is 5.29. The van der Waals surface area contributed by atoms with Crippen LogP contribution in [0.1, 0.15) is 25.3 Å². The van der Waals surface area contributed by atoms with Crippen LogP contribution >= 0.6 is 0 Å². The summed E-state index contributed by atoms with van der Waals surface area (Å²) in [6.07, 6.45) is 2.34. The first-order valence-electron chi connectivity index (χ1n) is 6.44. The summed E-state index contributed by atoms with van der Waals surface area (Å²) in [7, 11) is 0. The summed E-state index contributed by atoms with van der Waals surface area (Å²) < 4.78 is 0. The monoisotopic (exact) mass is 295 g/mol. The van der Waals surface area contributed by atoms with Gasteiger partial charge in [-0.1, -0.05) is 5.16 Å². The van der Waals surface area contributed by atoms with Crippen molar-refractivity contribution in [3.05, 3.63) is 27.9 Å². The van der Waals surface area contributed by atoms with Gasteiger partial charge in [-0.2, -0.15) is 0 Å². The number of rotatable bonds is 3. The Bertz CT molecular complexity index is 577. The summed E-state index contributed by atoms with van der Waals surface area (Å²) in [5.41, 5.74) is 4.64. The summed E-state index contributed by atoms with van der Waals surface area (Å²) in [6, 6.07) is 1.23. The average molecular weight is 295 g/mol. The standard InChI is InChI=1S/C12H17N5O4/c1-12(18)2-4-16(5-3-12)11-9(17(20)21)6-8(7-14-11)10(13)15-19/h6-7,18-19H,2-5H2,1H3,(H2,13,15). The minimum Gasteiger partial charge on any atom is -0.409 e. The van der Waals surface area contributed by atoms with Crippen LogP contribution in [0.3, 0.4) is 0 Å². The first-order valence-corrected chi connectivity index (χ1v) is 6.44. The van der Waals surface area contributed by atoms with E-state index >= 15 is 0 Å². The van der Waals surface area contributed by atoms with E-state index in [9.17, 15) is 15.2 Å². The van der Waals surface area contributed by atoms with Crippen molar-refractivity contribution >= 4 is 17.3 Å². The Kier molecular flexibility index (Phi) is 3.94. The van der Waals surface area contributed by atoms with E-state index in [0.717, 1.165) is 0 Å². The lowest BCUT2D eigenvalue weighted by Crippen LogP contribution is -2.43. The summed E-state index contributed by atoms with van der Waals surface area (Å²) in [4.78, 5) is 16.5. The van der Waals surface area contributed by atoms with Gasteiger partial charge in [-0.15, -0.1) is 0 Å². The van der Waals surface area contributed by atoms with Gasteiger partial charge in [0.2, 0.25) is 5.82 Å². The first-order chi connectivity index (χ1) is 9.84. The molecule has 1 aliphatic rings. The number of hydrogen-bond donors (Lipinski definition) is 3. The maximum absolute atomic E-state index is 11.2. The molecule has 2 heterocycles. The van der Waals surface area contributed by atoms with Crippen molar-refractivity contribution in [1.29, 1.82) is 0 Å². The fourth-order valence-corrected chi connectivity index (χ4v) is 2.22. The zero-order chi connectivity index (χ0) is 15.6. The van der Waals surface area contributed by atoms with E-state index in [1.54, 1.807) is 11.8 Å². The quantitative estimate of drug-likeness (QED) is 0.242. The van der Waals surface area contributed by atoms with E-state index in [4.69, 9.17) is 10.9 Å². The molecule has 1 fully saturated rings. The van der Waals surface area contributed by atoms with Crippen molar-refractivity contribution < 1.29 is 15.2 Å². The Morgan fingerprint density at radius 1 is 1.57 bits per heavy atom. The predicted molar refractivity (Wildman–Crippen MR) is 75.5 cm³/mol. The Morgan fingerprint density at radius 3 is 2.71 bits per heavy atom. The van der Waals surface area contributed by atoms with Crippen LogP contribution < -0.4 is 10.6 Å². The molecular weight excluding hydrogens is 278 g/mol. The minimum atomic E-state index is -0.751. The van der Waals surface area contributed by atoms with Crippen molar-refractivity contribution in [3.63, 3.8) is 0 Å². The summed E-state index contributed by atoms with van der Waals surface area (Å²) >= 11 is 0. The zero-order valence-corrected chi connectivity index (χ0v) is 11.6. The molecular formula is C12H17N5O4. The van der Waals surface area contributed by atoms with Crippen LogP contribution in [0.5, 0.6) is 0 Å². The third-order valence-electron chi connectivity index (χ3n) is 3.59. The highest BCUT2D eigenvalue weighted by Gasteiger charge is 2.31. The van der Waals surface area contributed by atoms with Crippen molar-refractivity contribution in [2.24, 2.45) is 10.9 Å². The lowest BCUT2D eigenvalue weighted by Gasteiger charge is -2.36. The van der Waals surface area contributed by atoms with Crippen molar-refractivity contribution in [1.82, 2.24) is 4.98 Å². The maximum atomic E-state index is 11.2. The molecule has 0 atom stereocenters. The molecule has 1 aliphatic heterocycles. The number of aliphatic hydroxyl groups is 1. The smallest absolute Gasteiger partial charge is 0.312 e. The average Bonchev–Trinajstić information content (AvgIpc) is 2.46. The SMILES string of the molecule is CC1(O)CCN(c2ncc(C(N)=NO)cc2[N+](=O)[O-])CC1. The van der Waals surface area contributed by atoms with Gasteiger partial charge in [-0.25, -0.2) is 4.98 Å². The van der Waals surface area contributed by atoms with Crippen LogP contribution in [0.25, 0.3) is 0 Å². The Balaban J connectivity index is 2.34. The molecule has 4 N–H and O–H groups in total. The lowest BCUT2D eigenvalue weighted by molar-refractivity contribution is -0.384. The molecule has 0 radical (unpaired) electrons. The van der Waals surface area contributed by atoms with E-state index in [-0.39, 0.29) is 22.9 Å². The van der Waals surface area contributed by atoms with Crippen molar-refractivity contribution in [2.45, 2.75) is 25.4 Å². The molecule has 1 saturated heterocycles. The van der Waals surface area contributed by atoms with Crippen LogP contribution in [0.2, 0.25) is 0 Å². The fourth-order valence-electron chi connectivity index (χ4n) is 2.22. The number of aromatic nitrogens is 1. The van der Waals surface area contributed by atoms with Gasteiger partial charge in [0.25, 0.3) is 0 Å². The highest BCUT2D eigenvalue weighted by atomic mass is 16.6. The number of pyridine rings is 1. The molecule has 0 spiro atoms. The van der Waals surface area contributed by atoms with Crippen LogP contribution in [0.15, 0.2) is 17.4 Å². The number of hydrogen-bond acceptors (Lipinski definition) is 7. The van der Waals surface area contributed by atoms with Gasteiger partial charge < -0.3 is 20.9 Å². The molecule has 21 heavy (non-hydrogen) atoms. The lowest BCUT2D eigenvalue weighted by atomic mass is 9.94. The van der Waals surface area contributed by atoms with E-state index in [0.29, 0.717) is 25.9 Å². The molecule has 0 bridgehead atoms. The minimum absolute atomic E-state index is 0.178. The summed E-state index contributed by atoms with van der Waals surface area (Å²) in [5, 5.41) is 32.6. The van der Waals surface area contributed by atoms with E-state index in [1.807, 2.05) is 0 Å². The second kappa shape index (κ2) is 5.52. The molecule has 0 aromatic carbocycles. The topological polar surface area (TPSA) is 138 Å². The number of oxime groups is 1. The van der Waals surface area contributed by atoms with E-state index in [2.05, 4.69) is 10.1 Å². The van der Waals surface area contributed by atoms with Gasteiger partial charge in [0.1, 0.15) is 0 Å². The third-order valence-corrected chi connectivity index (χ3v) is 3.59. The van der Waals surface area contributed by atoms with Gasteiger partial charge in [-0.05, 0) is 19.8 Å². The molecule has 0 aliphatic carbocycles. The molecule has 1 aromatic rings. The molecule has 0 amide bonds. The summed E-state index contributed by atoms with van der Waals surface area (Å²) in [5.74, 6) is -0.0104. The van der Waals surface area contributed by atoms with Crippen LogP contribution in [0, 0.1) is 10.1 Å². The molecule has 9 nitrogen and oxygen atoms in total. The third kappa shape index (κ3) is 3.19. The van der Waals surface area contributed by atoms with Crippen LogP contribution in [-0.4, -0.2) is 44.7 Å². The predicted octanol–water partition coefficient (Wildman–Crippen LogP) is 0.435. The number of anilines is 1. The van der Waals surface area contributed by atoms with Gasteiger partial charge in [0.05, 0.1) is 10.5 Å². The van der Waals surface area contributed by atoms with Gasteiger partial charge in [0, 0.05) is 30.9 Å². The fraction of sp³-hybridized carbons (Fsp3) is 0.500. The number of nitrogens with two attached hydrogens (primary N) is 1. The number of nitro groups is 1. The molecule has 9 heteroatoms. The summed E-state index contributed by atoms with van der Waals surface area (Å²) in [6.45, 7) is 2.70. The highest BCUT2D eigenvalue weighted by molar-refractivity contribution is 5.97. The Morgan fingerprint density at radius 2 is 2.19 bits per heavy atom. The largest absolute Gasteiger partial charge is 0.409 e. The molecule has 2 rings (SSSR count). The van der Waals surface area contributed by atoms with Crippen LogP contribution in [-0.2, 0) is 0 Å². The first kappa shape index (κ1) is 15.0. The normalized spacial score (nSPS) is 18.6. The number of piperidine rings is 1. The zero-order valence-electron chi connectivity index (χ0n) is 11.6. The molecule has 114 valence electrons. The van der Waals surface area contributed by atoms with Crippen molar-refractivity contribution in [2.75, 3.05) is 18.0 Å². The van der Waals surface area contributed by atoms with E-state index < -0.39 is 10.5 Å². The van der Waals surface area contributed by atoms with Crippen LogP contribution in [0.4, 0.5) is 11.5 Å². The molecule has 0 unspecified atom stereocenters. The van der Waals surface area contributed by atoms with Crippen molar-refractivity contribution in [3.8, 4) is 0 Å². The number of amidine groups is 1. The molecule has 1 aromatic heterocycles. The van der Waals surface area contributed by atoms with Gasteiger partial charge in [0.15, 0.2) is 5.84 Å². The second-order valence-electron chi connectivity index (χ2n) is 5.29. The Hall–Kier alpha value is -2.42. The van der Waals surface area contributed by atoms with Gasteiger partial charge >= 0.3 is 5.69 Å². The van der Waals surface area contributed by atoms with Gasteiger partial charge in [-0.3, -0.25) is 10.1 Å².